The van der Waals surface area contributed by atoms with Crippen molar-refractivity contribution < 1.29 is 19.0 Å². The molecule has 0 saturated carbocycles. The van der Waals surface area contributed by atoms with Crippen LogP contribution in [0.5, 0.6) is 5.75 Å². The summed E-state index contributed by atoms with van der Waals surface area (Å²) in [6.07, 6.45) is 0. The molecule has 17 heavy (non-hydrogen) atoms. The molecule has 0 saturated heterocycles. The third kappa shape index (κ3) is 2.05. The van der Waals surface area contributed by atoms with Crippen LogP contribution in [0.3, 0.4) is 0 Å². The number of carbonyl (C=O) groups is 1. The maximum Gasteiger partial charge on any atom is 0.339 e. The van der Waals surface area contributed by atoms with Gasteiger partial charge in [-0.3, -0.25) is 0 Å². The quantitative estimate of drug-likeness (QED) is 0.815. The number of nitrogens with zero attached hydrogens (tertiary/aromatic N) is 1. The number of benzene rings is 1. The first-order valence-corrected chi connectivity index (χ1v) is 5.27. The summed E-state index contributed by atoms with van der Waals surface area (Å²) in [4.78, 5) is 12.9. The van der Waals surface area contributed by atoms with E-state index in [4.69, 9.17) is 9.84 Å². The number of hydrogen-bond acceptors (Lipinski definition) is 3. The van der Waals surface area contributed by atoms with Gasteiger partial charge < -0.3 is 14.7 Å². The summed E-state index contributed by atoms with van der Waals surface area (Å²) in [5.41, 5.74) is -0.162. The lowest BCUT2D eigenvalue weighted by Crippen LogP contribution is -2.45. The Morgan fingerprint density at radius 3 is 2.76 bits per heavy atom. The molecule has 1 aliphatic rings. The Bertz CT molecular complexity index is 485. The molecule has 0 atom stereocenters. The average Bonchev–Trinajstić information content (AvgIpc) is 2.17. The second-order valence-corrected chi connectivity index (χ2v) is 4.82. The molecule has 4 nitrogen and oxygen atoms in total. The number of carboxylic acid groups (broad SMARTS) is 1. The smallest absolute Gasteiger partial charge is 0.339 e. The summed E-state index contributed by atoms with van der Waals surface area (Å²) in [6.45, 7) is 4.30. The van der Waals surface area contributed by atoms with Crippen LogP contribution < -0.4 is 9.64 Å². The molecule has 5 heteroatoms. The van der Waals surface area contributed by atoms with Gasteiger partial charge in [0, 0.05) is 13.1 Å². The molecule has 0 unspecified atom stereocenters. The minimum Gasteiger partial charge on any atom is -0.483 e. The summed E-state index contributed by atoms with van der Waals surface area (Å²) in [5, 5.41) is 9.06. The Morgan fingerprint density at radius 1 is 1.53 bits per heavy atom. The fraction of sp³-hybridized carbons (Fsp3) is 0.417. The maximum atomic E-state index is 13.3. The minimum absolute atomic E-state index is 0.139. The molecule has 0 radical (unpaired) electrons. The van der Waals surface area contributed by atoms with Crippen molar-refractivity contribution in [2.45, 2.75) is 19.4 Å². The second kappa shape index (κ2) is 3.61. The number of fused-ring (bicyclic) bond motifs is 1. The fourth-order valence-electron chi connectivity index (χ4n) is 2.09. The van der Waals surface area contributed by atoms with Gasteiger partial charge >= 0.3 is 5.97 Å². The van der Waals surface area contributed by atoms with Crippen molar-refractivity contribution in [2.24, 2.45) is 0 Å². The van der Waals surface area contributed by atoms with Gasteiger partial charge in [0.2, 0.25) is 0 Å². The second-order valence-electron chi connectivity index (χ2n) is 4.82. The molecule has 0 aliphatic carbocycles. The number of rotatable bonds is 1. The van der Waals surface area contributed by atoms with Crippen LogP contribution in [0.15, 0.2) is 12.1 Å². The molecule has 0 aromatic heterocycles. The number of anilines is 1. The number of carboxylic acids is 1. The molecule has 92 valence electrons. The SMILES string of the molecule is CN1CC(C)(C)Oc2c(C(=O)O)cc(F)cc21. The first kappa shape index (κ1) is 11.7. The van der Waals surface area contributed by atoms with Gasteiger partial charge in [-0.25, -0.2) is 9.18 Å². The highest BCUT2D eigenvalue weighted by Gasteiger charge is 2.33. The molecule has 1 aliphatic heterocycles. The monoisotopic (exact) mass is 239 g/mol. The lowest BCUT2D eigenvalue weighted by molar-refractivity contribution is 0.0670. The highest BCUT2D eigenvalue weighted by molar-refractivity contribution is 5.93. The maximum absolute atomic E-state index is 13.3. The van der Waals surface area contributed by atoms with Gasteiger partial charge in [-0.1, -0.05) is 0 Å². The van der Waals surface area contributed by atoms with E-state index in [9.17, 15) is 9.18 Å². The van der Waals surface area contributed by atoms with Gasteiger partial charge in [0.15, 0.2) is 5.75 Å². The number of halogens is 1. The van der Waals surface area contributed by atoms with Gasteiger partial charge in [-0.2, -0.15) is 0 Å². The van der Waals surface area contributed by atoms with Crippen molar-refractivity contribution in [1.82, 2.24) is 0 Å². The van der Waals surface area contributed by atoms with Gasteiger partial charge in [0.05, 0.1) is 12.2 Å². The molecule has 0 bridgehead atoms. The van der Waals surface area contributed by atoms with Crippen molar-refractivity contribution in [3.8, 4) is 5.75 Å². The van der Waals surface area contributed by atoms with Crippen LogP contribution >= 0.6 is 0 Å². The van der Waals surface area contributed by atoms with Crippen molar-refractivity contribution in [3.05, 3.63) is 23.5 Å². The summed E-state index contributed by atoms with van der Waals surface area (Å²) in [6, 6.07) is 2.27. The summed E-state index contributed by atoms with van der Waals surface area (Å²) in [5.74, 6) is -1.53. The van der Waals surface area contributed by atoms with Gasteiger partial charge in [-0.05, 0) is 19.9 Å². The van der Waals surface area contributed by atoms with Crippen molar-refractivity contribution in [2.75, 3.05) is 18.5 Å². The number of ether oxygens (including phenoxy) is 1. The molecular weight excluding hydrogens is 225 g/mol. The van der Waals surface area contributed by atoms with E-state index >= 15 is 0 Å². The molecule has 2 rings (SSSR count). The van der Waals surface area contributed by atoms with Crippen LogP contribution in [-0.2, 0) is 0 Å². The molecule has 0 spiro atoms. The Morgan fingerprint density at radius 2 is 2.18 bits per heavy atom. The lowest BCUT2D eigenvalue weighted by atomic mass is 10.0. The van der Waals surface area contributed by atoms with E-state index in [-0.39, 0.29) is 11.3 Å². The average molecular weight is 239 g/mol. The van der Waals surface area contributed by atoms with E-state index in [2.05, 4.69) is 0 Å². The minimum atomic E-state index is -1.19. The van der Waals surface area contributed by atoms with Crippen LogP contribution in [0.25, 0.3) is 0 Å². The van der Waals surface area contributed by atoms with Crippen LogP contribution in [0, 0.1) is 5.82 Å². The molecule has 1 heterocycles. The Kier molecular flexibility index (Phi) is 2.49. The standard InChI is InChI=1S/C12H14FNO3/c1-12(2)6-14(3)9-5-7(13)4-8(11(15)16)10(9)17-12/h4-5H,6H2,1-3H3,(H,15,16). The Labute approximate surface area is 98.6 Å². The van der Waals surface area contributed by atoms with E-state index in [1.807, 2.05) is 13.8 Å². The van der Waals surface area contributed by atoms with Crippen LogP contribution in [0.1, 0.15) is 24.2 Å². The third-order valence-corrected chi connectivity index (χ3v) is 2.67. The number of hydrogen-bond donors (Lipinski definition) is 1. The van der Waals surface area contributed by atoms with Crippen LogP contribution in [0.2, 0.25) is 0 Å². The van der Waals surface area contributed by atoms with Crippen molar-refractivity contribution in [3.63, 3.8) is 0 Å². The summed E-state index contributed by atoms with van der Waals surface area (Å²) < 4.78 is 19.0. The summed E-state index contributed by atoms with van der Waals surface area (Å²) in [7, 11) is 1.79. The lowest BCUT2D eigenvalue weighted by Gasteiger charge is -2.39. The van der Waals surface area contributed by atoms with E-state index in [1.165, 1.54) is 6.07 Å². The van der Waals surface area contributed by atoms with E-state index in [0.717, 1.165) is 6.07 Å². The highest BCUT2D eigenvalue weighted by atomic mass is 19.1. The van der Waals surface area contributed by atoms with Crippen molar-refractivity contribution in [1.29, 1.82) is 0 Å². The van der Waals surface area contributed by atoms with Crippen LogP contribution in [0.4, 0.5) is 10.1 Å². The molecular formula is C12H14FNO3. The Hall–Kier alpha value is -1.78. The molecule has 0 fully saturated rings. The van der Waals surface area contributed by atoms with Crippen LogP contribution in [-0.4, -0.2) is 30.3 Å². The topological polar surface area (TPSA) is 49.8 Å². The highest BCUT2D eigenvalue weighted by Crippen LogP contribution is 2.39. The third-order valence-electron chi connectivity index (χ3n) is 2.67. The Balaban J connectivity index is 2.63. The van der Waals surface area contributed by atoms with Gasteiger partial charge in [-0.15, -0.1) is 0 Å². The van der Waals surface area contributed by atoms with E-state index < -0.39 is 17.4 Å². The zero-order valence-corrected chi connectivity index (χ0v) is 9.95. The predicted octanol–water partition coefficient (Wildman–Crippen LogP) is 2.13. The predicted molar refractivity (Wildman–Crippen MR) is 61.3 cm³/mol. The first-order chi connectivity index (χ1) is 7.80. The number of aromatic carboxylic acids is 1. The van der Waals surface area contributed by atoms with Crippen molar-refractivity contribution >= 4 is 11.7 Å². The zero-order valence-electron chi connectivity index (χ0n) is 9.95. The fourth-order valence-corrected chi connectivity index (χ4v) is 2.09. The summed E-state index contributed by atoms with van der Waals surface area (Å²) >= 11 is 0. The number of likely N-dealkylation sites (N-methyl/N-ethyl adjacent to an activating group) is 1. The molecule has 1 aromatic rings. The normalized spacial score (nSPS) is 17.3. The first-order valence-electron chi connectivity index (χ1n) is 5.27. The molecule has 1 N–H and O–H groups in total. The largest absolute Gasteiger partial charge is 0.483 e. The molecule has 0 amide bonds. The van der Waals surface area contributed by atoms with Gasteiger partial charge in [0.1, 0.15) is 17.0 Å². The van der Waals surface area contributed by atoms with Gasteiger partial charge in [0.25, 0.3) is 0 Å². The molecule has 1 aromatic carbocycles. The zero-order chi connectivity index (χ0) is 12.8. The van der Waals surface area contributed by atoms with E-state index in [0.29, 0.717) is 12.2 Å². The van der Waals surface area contributed by atoms with E-state index in [1.54, 1.807) is 11.9 Å².